The number of nitrogens with zero attached hydrogens (tertiary/aromatic N) is 1. The predicted molar refractivity (Wildman–Crippen MR) is 60.2 cm³/mol. The summed E-state index contributed by atoms with van der Waals surface area (Å²) in [5, 5.41) is 11.4. The monoisotopic (exact) mass is 228 g/mol. The maximum absolute atomic E-state index is 11.8. The number of carboxylic acids is 1. The van der Waals surface area contributed by atoms with Crippen molar-refractivity contribution in [2.24, 2.45) is 5.92 Å². The summed E-state index contributed by atoms with van der Waals surface area (Å²) in [4.78, 5) is 24.2. The van der Waals surface area contributed by atoms with E-state index in [2.05, 4.69) is 5.32 Å². The number of hydrogen-bond acceptors (Lipinski definition) is 2. The SMILES string of the molecule is CC(C1CC1)N(C)C(=O)NC(C)(C)C(=O)O. The van der Waals surface area contributed by atoms with Crippen LogP contribution < -0.4 is 5.32 Å². The summed E-state index contributed by atoms with van der Waals surface area (Å²) >= 11 is 0. The lowest BCUT2D eigenvalue weighted by atomic mass is 10.1. The standard InChI is InChI=1S/C11H20N2O3/c1-7(8-5-6-8)13(4)10(16)12-11(2,3)9(14)15/h7-8H,5-6H2,1-4H3,(H,12,16)(H,14,15). The average molecular weight is 228 g/mol. The van der Waals surface area contributed by atoms with Crippen LogP contribution in [0, 0.1) is 5.92 Å². The molecule has 1 rings (SSSR count). The molecule has 1 aliphatic rings. The molecule has 0 radical (unpaired) electrons. The number of carbonyl (C=O) groups excluding carboxylic acids is 1. The molecule has 2 N–H and O–H groups in total. The highest BCUT2D eigenvalue weighted by molar-refractivity contribution is 5.85. The van der Waals surface area contributed by atoms with Gasteiger partial charge in [-0.1, -0.05) is 0 Å². The van der Waals surface area contributed by atoms with Crippen molar-refractivity contribution in [3.8, 4) is 0 Å². The molecule has 0 saturated heterocycles. The highest BCUT2D eigenvalue weighted by Gasteiger charge is 2.35. The van der Waals surface area contributed by atoms with E-state index in [1.165, 1.54) is 13.8 Å². The van der Waals surface area contributed by atoms with Gasteiger partial charge in [0, 0.05) is 13.1 Å². The number of carboxylic acid groups (broad SMARTS) is 1. The van der Waals surface area contributed by atoms with E-state index in [4.69, 9.17) is 5.11 Å². The van der Waals surface area contributed by atoms with Gasteiger partial charge < -0.3 is 15.3 Å². The molecule has 0 aromatic heterocycles. The van der Waals surface area contributed by atoms with Gasteiger partial charge in [0.1, 0.15) is 5.54 Å². The van der Waals surface area contributed by atoms with Crippen molar-refractivity contribution >= 4 is 12.0 Å². The third-order valence-electron chi connectivity index (χ3n) is 3.19. The molecule has 1 atom stereocenters. The van der Waals surface area contributed by atoms with Crippen LogP contribution in [0.15, 0.2) is 0 Å². The number of nitrogens with one attached hydrogen (secondary N) is 1. The van der Waals surface area contributed by atoms with Crippen molar-refractivity contribution in [1.82, 2.24) is 10.2 Å². The molecule has 0 aromatic carbocycles. The third-order valence-corrected chi connectivity index (χ3v) is 3.19. The molecule has 0 heterocycles. The zero-order valence-electron chi connectivity index (χ0n) is 10.3. The molecule has 5 heteroatoms. The first-order valence-corrected chi connectivity index (χ1v) is 5.54. The maximum atomic E-state index is 11.8. The second kappa shape index (κ2) is 4.31. The van der Waals surface area contributed by atoms with Gasteiger partial charge in [0.25, 0.3) is 0 Å². The highest BCUT2D eigenvalue weighted by Crippen LogP contribution is 2.34. The molecule has 16 heavy (non-hydrogen) atoms. The van der Waals surface area contributed by atoms with Gasteiger partial charge >= 0.3 is 12.0 Å². The Kier molecular flexibility index (Phi) is 3.45. The van der Waals surface area contributed by atoms with E-state index in [1.807, 2.05) is 6.92 Å². The Morgan fingerprint density at radius 3 is 2.31 bits per heavy atom. The van der Waals surface area contributed by atoms with E-state index >= 15 is 0 Å². The molecule has 1 unspecified atom stereocenters. The minimum Gasteiger partial charge on any atom is -0.480 e. The molecule has 1 aliphatic carbocycles. The first-order valence-electron chi connectivity index (χ1n) is 5.54. The van der Waals surface area contributed by atoms with Gasteiger partial charge in [-0.05, 0) is 39.5 Å². The first kappa shape index (κ1) is 12.8. The van der Waals surface area contributed by atoms with Gasteiger partial charge in [-0.2, -0.15) is 0 Å². The first-order chi connectivity index (χ1) is 7.25. The Morgan fingerprint density at radius 2 is 1.94 bits per heavy atom. The van der Waals surface area contributed by atoms with Crippen molar-refractivity contribution in [2.75, 3.05) is 7.05 Å². The maximum Gasteiger partial charge on any atom is 0.328 e. The molecule has 1 saturated carbocycles. The molecule has 0 spiro atoms. The largest absolute Gasteiger partial charge is 0.480 e. The number of hydrogen-bond donors (Lipinski definition) is 2. The molecule has 2 amide bonds. The Balaban J connectivity index is 2.54. The van der Waals surface area contributed by atoms with E-state index in [1.54, 1.807) is 11.9 Å². The number of amides is 2. The van der Waals surface area contributed by atoms with Crippen molar-refractivity contribution in [2.45, 2.75) is 45.2 Å². The average Bonchev–Trinajstić information content (AvgIpc) is 2.97. The Labute approximate surface area is 95.8 Å². The summed E-state index contributed by atoms with van der Waals surface area (Å²) in [6.45, 7) is 4.94. The summed E-state index contributed by atoms with van der Waals surface area (Å²) in [5.74, 6) is -0.461. The van der Waals surface area contributed by atoms with E-state index in [0.29, 0.717) is 5.92 Å². The summed E-state index contributed by atoms with van der Waals surface area (Å²) in [6, 6.07) is -0.156. The quantitative estimate of drug-likeness (QED) is 0.761. The van der Waals surface area contributed by atoms with Crippen LogP contribution >= 0.6 is 0 Å². The van der Waals surface area contributed by atoms with Crippen LogP contribution in [-0.4, -0.2) is 40.6 Å². The van der Waals surface area contributed by atoms with E-state index in [-0.39, 0.29) is 12.1 Å². The number of carbonyl (C=O) groups is 2. The van der Waals surface area contributed by atoms with Crippen molar-refractivity contribution in [1.29, 1.82) is 0 Å². The Bertz CT molecular complexity index is 298. The molecular formula is C11H20N2O3. The minimum atomic E-state index is -1.23. The molecule has 0 aliphatic heterocycles. The van der Waals surface area contributed by atoms with E-state index < -0.39 is 11.5 Å². The predicted octanol–water partition coefficient (Wildman–Crippen LogP) is 1.29. The third kappa shape index (κ3) is 2.87. The molecular weight excluding hydrogens is 208 g/mol. The van der Waals surface area contributed by atoms with Crippen LogP contribution in [0.2, 0.25) is 0 Å². The minimum absolute atomic E-state index is 0.171. The topological polar surface area (TPSA) is 69.6 Å². The zero-order valence-corrected chi connectivity index (χ0v) is 10.3. The molecule has 1 fully saturated rings. The summed E-state index contributed by atoms with van der Waals surface area (Å²) in [5.41, 5.74) is -1.23. The van der Waals surface area contributed by atoms with Gasteiger partial charge in [-0.3, -0.25) is 0 Å². The number of aliphatic carboxylic acids is 1. The molecule has 0 bridgehead atoms. The van der Waals surface area contributed by atoms with Crippen molar-refractivity contribution in [3.05, 3.63) is 0 Å². The summed E-state index contributed by atoms with van der Waals surface area (Å²) in [6.07, 6.45) is 2.31. The van der Waals surface area contributed by atoms with Crippen LogP contribution in [0.1, 0.15) is 33.6 Å². The van der Waals surface area contributed by atoms with E-state index in [0.717, 1.165) is 12.8 Å². The smallest absolute Gasteiger partial charge is 0.328 e. The highest BCUT2D eigenvalue weighted by atomic mass is 16.4. The van der Waals surface area contributed by atoms with Crippen LogP contribution in [0.4, 0.5) is 4.79 Å². The second-order valence-electron chi connectivity index (χ2n) is 5.05. The van der Waals surface area contributed by atoms with Crippen LogP contribution in [-0.2, 0) is 4.79 Å². The lowest BCUT2D eigenvalue weighted by Crippen LogP contribution is -2.55. The Hall–Kier alpha value is -1.26. The Morgan fingerprint density at radius 1 is 1.44 bits per heavy atom. The second-order valence-corrected chi connectivity index (χ2v) is 5.05. The van der Waals surface area contributed by atoms with Gasteiger partial charge in [0.15, 0.2) is 0 Å². The number of rotatable bonds is 4. The fraction of sp³-hybridized carbons (Fsp3) is 0.818. The van der Waals surface area contributed by atoms with Crippen LogP contribution in [0.25, 0.3) is 0 Å². The van der Waals surface area contributed by atoms with Gasteiger partial charge in [0.05, 0.1) is 0 Å². The van der Waals surface area contributed by atoms with Gasteiger partial charge in [-0.25, -0.2) is 9.59 Å². The van der Waals surface area contributed by atoms with Gasteiger partial charge in [-0.15, -0.1) is 0 Å². The van der Waals surface area contributed by atoms with Crippen molar-refractivity contribution in [3.63, 3.8) is 0 Å². The molecule has 92 valence electrons. The van der Waals surface area contributed by atoms with E-state index in [9.17, 15) is 9.59 Å². The fourth-order valence-electron chi connectivity index (χ4n) is 1.49. The van der Waals surface area contributed by atoms with Crippen LogP contribution in [0.5, 0.6) is 0 Å². The zero-order chi connectivity index (χ0) is 12.5. The summed E-state index contributed by atoms with van der Waals surface area (Å²) < 4.78 is 0. The van der Waals surface area contributed by atoms with Crippen LogP contribution in [0.3, 0.4) is 0 Å². The van der Waals surface area contributed by atoms with Gasteiger partial charge in [0.2, 0.25) is 0 Å². The normalized spacial score (nSPS) is 17.8. The fourth-order valence-corrected chi connectivity index (χ4v) is 1.49. The molecule has 0 aromatic rings. The lowest BCUT2D eigenvalue weighted by molar-refractivity contribution is -0.143. The molecule has 5 nitrogen and oxygen atoms in total. The lowest BCUT2D eigenvalue weighted by Gasteiger charge is -2.29. The summed E-state index contributed by atoms with van der Waals surface area (Å²) in [7, 11) is 1.70. The number of urea groups is 1. The van der Waals surface area contributed by atoms with Crippen molar-refractivity contribution < 1.29 is 14.7 Å².